The average Bonchev–Trinajstić information content (AvgIpc) is 2.79. The maximum atomic E-state index is 13.4. The molecular formula is C23H25N3O3S2. The molecule has 1 aromatic heterocycles. The molecule has 0 spiro atoms. The molecule has 2 atom stereocenters. The molecule has 0 aliphatic heterocycles. The minimum atomic E-state index is -3.71. The van der Waals surface area contributed by atoms with E-state index in [1.165, 1.54) is 34.8 Å². The van der Waals surface area contributed by atoms with E-state index in [0.717, 1.165) is 5.56 Å². The van der Waals surface area contributed by atoms with E-state index >= 15 is 0 Å². The number of nitrogens with zero attached hydrogens (tertiary/aromatic N) is 3. The van der Waals surface area contributed by atoms with Gasteiger partial charge in [0, 0.05) is 30.2 Å². The van der Waals surface area contributed by atoms with Gasteiger partial charge in [-0.15, -0.1) is 0 Å². The second kappa shape index (κ2) is 10.7. The maximum absolute atomic E-state index is 13.4. The van der Waals surface area contributed by atoms with Crippen LogP contribution in [0.5, 0.6) is 0 Å². The number of hydrogen-bond acceptors (Lipinski definition) is 6. The van der Waals surface area contributed by atoms with Gasteiger partial charge in [-0.05, 0) is 31.0 Å². The third kappa shape index (κ3) is 6.22. The summed E-state index contributed by atoms with van der Waals surface area (Å²) >= 11 is 1.17. The second-order valence-corrected chi connectivity index (χ2v) is 10.6. The van der Waals surface area contributed by atoms with Crippen LogP contribution in [0.15, 0.2) is 84.3 Å². The molecule has 162 valence electrons. The van der Waals surface area contributed by atoms with Crippen molar-refractivity contribution in [3.63, 3.8) is 0 Å². The molecule has 0 N–H and O–H groups in total. The Labute approximate surface area is 187 Å². The fourth-order valence-electron chi connectivity index (χ4n) is 3.27. The van der Waals surface area contributed by atoms with E-state index in [2.05, 4.69) is 9.97 Å². The Morgan fingerprint density at radius 2 is 1.55 bits per heavy atom. The highest BCUT2D eigenvalue weighted by Gasteiger charge is 2.30. The number of rotatable bonds is 9. The minimum absolute atomic E-state index is 0.0908. The largest absolute Gasteiger partial charge is 0.281 e. The Morgan fingerprint density at radius 1 is 0.968 bits per heavy atom. The molecule has 3 rings (SSSR count). The molecule has 0 aliphatic rings. The molecule has 0 fully saturated rings. The normalized spacial score (nSPS) is 13.6. The summed E-state index contributed by atoms with van der Waals surface area (Å²) in [5, 5.41) is -0.215. The highest BCUT2D eigenvalue weighted by molar-refractivity contribution is 8.14. The summed E-state index contributed by atoms with van der Waals surface area (Å²) in [6.45, 7) is 4.08. The summed E-state index contributed by atoms with van der Waals surface area (Å²) < 4.78 is 28.4. The molecule has 0 saturated carbocycles. The number of sulfonamides is 1. The topological polar surface area (TPSA) is 80.2 Å². The van der Waals surface area contributed by atoms with Crippen molar-refractivity contribution in [2.24, 2.45) is 0 Å². The monoisotopic (exact) mass is 455 g/mol. The standard InChI is InChI=1S/C23H25N3O3S2/c1-18(13-19(2)30-23(27)21-14-24-17-25-15-21)26(16-20-9-5-3-6-10-20)31(28,29)22-11-7-4-8-12-22/h3-12,14-15,17-19H,13,16H2,1-2H3. The SMILES string of the molecule is CC(CC(C)N(Cc1ccccc1)S(=O)(=O)c1ccccc1)SC(=O)c1cncnc1. The van der Waals surface area contributed by atoms with Crippen molar-refractivity contribution >= 4 is 26.9 Å². The van der Waals surface area contributed by atoms with Crippen molar-refractivity contribution in [1.82, 2.24) is 14.3 Å². The van der Waals surface area contributed by atoms with Crippen molar-refractivity contribution in [2.45, 2.75) is 43.0 Å². The van der Waals surface area contributed by atoms with Crippen LogP contribution in [0.1, 0.15) is 36.2 Å². The van der Waals surface area contributed by atoms with Gasteiger partial charge in [-0.25, -0.2) is 18.4 Å². The maximum Gasteiger partial charge on any atom is 0.243 e. The zero-order chi connectivity index (χ0) is 22.3. The molecule has 3 aromatic rings. The van der Waals surface area contributed by atoms with E-state index in [0.29, 0.717) is 12.0 Å². The molecule has 2 unspecified atom stereocenters. The van der Waals surface area contributed by atoms with Gasteiger partial charge in [-0.2, -0.15) is 4.31 Å². The van der Waals surface area contributed by atoms with Crippen molar-refractivity contribution in [3.8, 4) is 0 Å². The Hall–Kier alpha value is -2.55. The zero-order valence-corrected chi connectivity index (χ0v) is 19.1. The molecule has 0 amide bonds. The van der Waals surface area contributed by atoms with Crippen LogP contribution >= 0.6 is 11.8 Å². The van der Waals surface area contributed by atoms with E-state index in [9.17, 15) is 13.2 Å². The number of hydrogen-bond donors (Lipinski definition) is 0. The van der Waals surface area contributed by atoms with Gasteiger partial charge in [0.25, 0.3) is 0 Å². The van der Waals surface area contributed by atoms with Crippen LogP contribution in [-0.4, -0.2) is 39.1 Å². The molecule has 1 heterocycles. The second-order valence-electron chi connectivity index (χ2n) is 7.28. The number of benzene rings is 2. The first-order chi connectivity index (χ1) is 14.9. The van der Waals surface area contributed by atoms with Gasteiger partial charge in [0.1, 0.15) is 6.33 Å². The number of carbonyl (C=O) groups is 1. The molecule has 6 nitrogen and oxygen atoms in total. The van der Waals surface area contributed by atoms with Crippen LogP contribution in [0, 0.1) is 0 Å². The lowest BCUT2D eigenvalue weighted by Crippen LogP contribution is -2.39. The third-order valence-electron chi connectivity index (χ3n) is 4.80. The Morgan fingerprint density at radius 3 is 2.16 bits per heavy atom. The highest BCUT2D eigenvalue weighted by atomic mass is 32.2. The molecule has 8 heteroatoms. The van der Waals surface area contributed by atoms with Crippen LogP contribution in [0.2, 0.25) is 0 Å². The first-order valence-corrected chi connectivity index (χ1v) is 12.3. The lowest BCUT2D eigenvalue weighted by atomic mass is 10.1. The summed E-state index contributed by atoms with van der Waals surface area (Å²) in [7, 11) is -3.71. The molecule has 0 radical (unpaired) electrons. The molecule has 0 saturated heterocycles. The lowest BCUT2D eigenvalue weighted by Gasteiger charge is -2.30. The number of thioether (sulfide) groups is 1. The van der Waals surface area contributed by atoms with E-state index < -0.39 is 10.0 Å². The first-order valence-electron chi connectivity index (χ1n) is 9.94. The first kappa shape index (κ1) is 23.1. The fraction of sp³-hybridized carbons (Fsp3) is 0.261. The van der Waals surface area contributed by atoms with Gasteiger partial charge >= 0.3 is 0 Å². The van der Waals surface area contributed by atoms with Crippen molar-refractivity contribution in [1.29, 1.82) is 0 Å². The van der Waals surface area contributed by atoms with Gasteiger partial charge < -0.3 is 0 Å². The molecule has 0 bridgehead atoms. The predicted octanol–water partition coefficient (Wildman–Crippen LogP) is 4.41. The third-order valence-corrected chi connectivity index (χ3v) is 7.82. The van der Waals surface area contributed by atoms with Gasteiger partial charge in [0.05, 0.1) is 10.5 Å². The quantitative estimate of drug-likeness (QED) is 0.475. The summed E-state index contributed by atoms with van der Waals surface area (Å²) in [5.74, 6) is 0. The van der Waals surface area contributed by atoms with Crippen molar-refractivity contribution in [3.05, 3.63) is 90.5 Å². The van der Waals surface area contributed by atoms with Crippen LogP contribution < -0.4 is 0 Å². The van der Waals surface area contributed by atoms with Crippen LogP contribution in [0.25, 0.3) is 0 Å². The highest BCUT2D eigenvalue weighted by Crippen LogP contribution is 2.27. The Balaban J connectivity index is 1.78. The van der Waals surface area contributed by atoms with E-state index in [1.807, 2.05) is 44.2 Å². The molecule has 31 heavy (non-hydrogen) atoms. The number of aromatic nitrogens is 2. The summed E-state index contributed by atoms with van der Waals surface area (Å²) in [6.07, 6.45) is 4.87. The van der Waals surface area contributed by atoms with Gasteiger partial charge in [0.2, 0.25) is 15.1 Å². The zero-order valence-electron chi connectivity index (χ0n) is 17.5. The molecule has 2 aromatic carbocycles. The Kier molecular flexibility index (Phi) is 7.95. The van der Waals surface area contributed by atoms with Gasteiger partial charge in [-0.1, -0.05) is 67.2 Å². The predicted molar refractivity (Wildman–Crippen MR) is 123 cm³/mol. The summed E-state index contributed by atoms with van der Waals surface area (Å²) in [4.78, 5) is 20.5. The van der Waals surface area contributed by atoms with Gasteiger partial charge in [0.15, 0.2) is 0 Å². The fourth-order valence-corrected chi connectivity index (χ4v) is 5.90. The van der Waals surface area contributed by atoms with Gasteiger partial charge in [-0.3, -0.25) is 4.79 Å². The van der Waals surface area contributed by atoms with Crippen molar-refractivity contribution in [2.75, 3.05) is 0 Å². The summed E-state index contributed by atoms with van der Waals surface area (Å²) in [5.41, 5.74) is 1.34. The molecule has 0 aliphatic carbocycles. The van der Waals surface area contributed by atoms with Crippen LogP contribution in [0.4, 0.5) is 0 Å². The minimum Gasteiger partial charge on any atom is -0.281 e. The van der Waals surface area contributed by atoms with E-state index in [4.69, 9.17) is 0 Å². The average molecular weight is 456 g/mol. The summed E-state index contributed by atoms with van der Waals surface area (Å²) in [6, 6.07) is 17.7. The Bertz CT molecular complexity index is 1080. The smallest absolute Gasteiger partial charge is 0.243 e. The van der Waals surface area contributed by atoms with E-state index in [-0.39, 0.29) is 27.8 Å². The van der Waals surface area contributed by atoms with E-state index in [1.54, 1.807) is 30.3 Å². The van der Waals surface area contributed by atoms with Crippen molar-refractivity contribution < 1.29 is 13.2 Å². The molecular weight excluding hydrogens is 430 g/mol. The lowest BCUT2D eigenvalue weighted by molar-refractivity contribution is 0.108. The number of carbonyl (C=O) groups excluding carboxylic acids is 1. The van der Waals surface area contributed by atoms with Crippen LogP contribution in [0.3, 0.4) is 0 Å². The van der Waals surface area contributed by atoms with Crippen LogP contribution in [-0.2, 0) is 16.6 Å².